The van der Waals surface area contributed by atoms with Gasteiger partial charge in [0.05, 0.1) is 0 Å². The lowest BCUT2D eigenvalue weighted by atomic mass is 9.80. The maximum atomic E-state index is 2.32. The first-order valence-electron chi connectivity index (χ1n) is 7.41. The summed E-state index contributed by atoms with van der Waals surface area (Å²) in [5, 5.41) is 3.02. The summed E-state index contributed by atoms with van der Waals surface area (Å²) in [6.07, 6.45) is 7.70. The first kappa shape index (κ1) is 11.8. The highest BCUT2D eigenvalue weighted by molar-refractivity contribution is 5.91. The van der Waals surface area contributed by atoms with Crippen molar-refractivity contribution in [3.8, 4) is 0 Å². The van der Waals surface area contributed by atoms with E-state index in [9.17, 15) is 0 Å². The van der Waals surface area contributed by atoms with Crippen LogP contribution in [0.1, 0.15) is 48.9 Å². The second-order valence-corrected chi connectivity index (χ2v) is 5.37. The molecule has 1 aliphatic carbocycles. The Bertz CT molecular complexity index is 526. The number of benzene rings is 2. The number of hydrogen-bond donors (Lipinski definition) is 0. The lowest BCUT2D eigenvalue weighted by Gasteiger charge is -2.25. The number of fused-ring (bicyclic) bond motifs is 2. The Labute approximate surface area is 110 Å². The Hall–Kier alpha value is -1.30. The molecule has 0 bridgehead atoms. The highest BCUT2D eigenvalue weighted by atomic mass is 14.2. The van der Waals surface area contributed by atoms with Gasteiger partial charge in [-0.3, -0.25) is 0 Å². The van der Waals surface area contributed by atoms with E-state index in [2.05, 4.69) is 38.1 Å². The van der Waals surface area contributed by atoms with Crippen molar-refractivity contribution >= 4 is 10.8 Å². The third kappa shape index (κ3) is 1.67. The van der Waals surface area contributed by atoms with Crippen LogP contribution in [0.2, 0.25) is 0 Å². The molecule has 0 heterocycles. The predicted octanol–water partition coefficient (Wildman–Crippen LogP) is 4.84. The van der Waals surface area contributed by atoms with Crippen molar-refractivity contribution in [2.75, 3.05) is 0 Å². The van der Waals surface area contributed by atoms with Crippen LogP contribution < -0.4 is 0 Å². The SMILES string of the molecule is CCc1c2c(c(CC)c3ccccc13)CCCC2. The van der Waals surface area contributed by atoms with Crippen molar-refractivity contribution in [1.29, 1.82) is 0 Å². The molecule has 0 heteroatoms. The molecule has 94 valence electrons. The van der Waals surface area contributed by atoms with Crippen molar-refractivity contribution in [3.63, 3.8) is 0 Å². The molecular weight excluding hydrogens is 216 g/mol. The third-order valence-corrected chi connectivity index (χ3v) is 4.48. The molecule has 0 spiro atoms. The van der Waals surface area contributed by atoms with Gasteiger partial charge in [-0.25, -0.2) is 0 Å². The fourth-order valence-corrected chi connectivity index (χ4v) is 3.71. The number of hydrogen-bond acceptors (Lipinski definition) is 0. The normalized spacial score (nSPS) is 14.8. The van der Waals surface area contributed by atoms with Gasteiger partial charge in [-0.15, -0.1) is 0 Å². The Morgan fingerprint density at radius 2 is 1.22 bits per heavy atom. The zero-order valence-corrected chi connectivity index (χ0v) is 11.6. The average molecular weight is 238 g/mol. The summed E-state index contributed by atoms with van der Waals surface area (Å²) >= 11 is 0. The fraction of sp³-hybridized carbons (Fsp3) is 0.444. The molecule has 0 aromatic heterocycles. The number of rotatable bonds is 2. The van der Waals surface area contributed by atoms with E-state index in [0.29, 0.717) is 0 Å². The van der Waals surface area contributed by atoms with Crippen molar-refractivity contribution in [2.45, 2.75) is 52.4 Å². The van der Waals surface area contributed by atoms with Crippen LogP contribution in [0, 0.1) is 0 Å². The summed E-state index contributed by atoms with van der Waals surface area (Å²) in [5.74, 6) is 0. The summed E-state index contributed by atoms with van der Waals surface area (Å²) in [7, 11) is 0. The molecule has 2 aromatic carbocycles. The van der Waals surface area contributed by atoms with Crippen LogP contribution in [0.5, 0.6) is 0 Å². The van der Waals surface area contributed by atoms with E-state index in [1.807, 2.05) is 0 Å². The molecule has 0 saturated carbocycles. The highest BCUT2D eigenvalue weighted by Gasteiger charge is 2.19. The third-order valence-electron chi connectivity index (χ3n) is 4.48. The van der Waals surface area contributed by atoms with Gasteiger partial charge >= 0.3 is 0 Å². The summed E-state index contributed by atoms with van der Waals surface area (Å²) in [5.41, 5.74) is 6.63. The summed E-state index contributed by atoms with van der Waals surface area (Å²) in [4.78, 5) is 0. The van der Waals surface area contributed by atoms with Crippen molar-refractivity contribution < 1.29 is 0 Å². The van der Waals surface area contributed by atoms with Crippen molar-refractivity contribution in [3.05, 3.63) is 46.5 Å². The molecule has 0 atom stereocenters. The summed E-state index contributed by atoms with van der Waals surface area (Å²) < 4.78 is 0. The first-order chi connectivity index (χ1) is 8.86. The van der Waals surface area contributed by atoms with Crippen molar-refractivity contribution in [2.24, 2.45) is 0 Å². The Morgan fingerprint density at radius 1 is 0.778 bits per heavy atom. The summed E-state index contributed by atoms with van der Waals surface area (Å²) in [6.45, 7) is 4.62. The first-order valence-corrected chi connectivity index (χ1v) is 7.41. The molecule has 3 rings (SSSR count). The second-order valence-electron chi connectivity index (χ2n) is 5.37. The molecular formula is C18H22. The molecule has 0 nitrogen and oxygen atoms in total. The van der Waals surface area contributed by atoms with Crippen LogP contribution >= 0.6 is 0 Å². The quantitative estimate of drug-likeness (QED) is 0.702. The van der Waals surface area contributed by atoms with E-state index >= 15 is 0 Å². The number of aryl methyl sites for hydroxylation is 2. The Morgan fingerprint density at radius 3 is 1.61 bits per heavy atom. The van der Waals surface area contributed by atoms with Crippen LogP contribution in [-0.4, -0.2) is 0 Å². The molecule has 0 aliphatic heterocycles. The van der Waals surface area contributed by atoms with E-state index in [1.165, 1.54) is 49.3 Å². The van der Waals surface area contributed by atoms with Gasteiger partial charge in [0.25, 0.3) is 0 Å². The minimum atomic E-state index is 1.17. The lowest BCUT2D eigenvalue weighted by Crippen LogP contribution is -2.10. The molecule has 0 amide bonds. The Balaban J connectivity index is 2.42. The van der Waals surface area contributed by atoms with E-state index in [4.69, 9.17) is 0 Å². The van der Waals surface area contributed by atoms with Gasteiger partial charge in [-0.1, -0.05) is 38.1 Å². The van der Waals surface area contributed by atoms with Gasteiger partial charge in [0, 0.05) is 0 Å². The van der Waals surface area contributed by atoms with E-state index in [-0.39, 0.29) is 0 Å². The van der Waals surface area contributed by atoms with Gasteiger partial charge < -0.3 is 0 Å². The molecule has 1 aliphatic rings. The topological polar surface area (TPSA) is 0 Å². The van der Waals surface area contributed by atoms with Gasteiger partial charge in [-0.2, -0.15) is 0 Å². The van der Waals surface area contributed by atoms with Crippen LogP contribution in [0.4, 0.5) is 0 Å². The zero-order valence-electron chi connectivity index (χ0n) is 11.6. The van der Waals surface area contributed by atoms with Crippen LogP contribution in [0.3, 0.4) is 0 Å². The van der Waals surface area contributed by atoms with Gasteiger partial charge in [-0.05, 0) is 71.6 Å². The molecule has 0 N–H and O–H groups in total. The van der Waals surface area contributed by atoms with E-state index in [0.717, 1.165) is 0 Å². The molecule has 0 saturated heterocycles. The fourth-order valence-electron chi connectivity index (χ4n) is 3.71. The zero-order chi connectivity index (χ0) is 12.5. The van der Waals surface area contributed by atoms with Crippen LogP contribution in [0.15, 0.2) is 24.3 Å². The standard InChI is InChI=1S/C18H22/c1-3-13-15-9-5-7-11-17(15)14(4-2)18-12-8-6-10-16(13)18/h5,7,9,11H,3-4,6,8,10,12H2,1-2H3. The lowest BCUT2D eigenvalue weighted by molar-refractivity contribution is 0.675. The minimum Gasteiger partial charge on any atom is -0.0616 e. The molecule has 0 unspecified atom stereocenters. The smallest absolute Gasteiger partial charge is 0.0146 e. The molecule has 0 radical (unpaired) electrons. The maximum absolute atomic E-state index is 2.32. The largest absolute Gasteiger partial charge is 0.0616 e. The maximum Gasteiger partial charge on any atom is -0.0146 e. The van der Waals surface area contributed by atoms with Crippen LogP contribution in [-0.2, 0) is 25.7 Å². The van der Waals surface area contributed by atoms with E-state index < -0.39 is 0 Å². The predicted molar refractivity (Wildman–Crippen MR) is 79.3 cm³/mol. The Kier molecular flexibility index (Phi) is 3.11. The second kappa shape index (κ2) is 4.76. The minimum absolute atomic E-state index is 1.17. The molecule has 2 aromatic rings. The van der Waals surface area contributed by atoms with Gasteiger partial charge in [0.15, 0.2) is 0 Å². The molecule has 0 fully saturated rings. The monoisotopic (exact) mass is 238 g/mol. The average Bonchev–Trinajstić information content (AvgIpc) is 2.44. The van der Waals surface area contributed by atoms with Crippen molar-refractivity contribution in [1.82, 2.24) is 0 Å². The van der Waals surface area contributed by atoms with Crippen LogP contribution in [0.25, 0.3) is 10.8 Å². The van der Waals surface area contributed by atoms with E-state index in [1.54, 1.807) is 22.3 Å². The van der Waals surface area contributed by atoms with Gasteiger partial charge in [0.1, 0.15) is 0 Å². The summed E-state index contributed by atoms with van der Waals surface area (Å²) in [6, 6.07) is 9.02. The highest BCUT2D eigenvalue weighted by Crippen LogP contribution is 2.35. The van der Waals surface area contributed by atoms with Gasteiger partial charge in [0.2, 0.25) is 0 Å². The molecule has 18 heavy (non-hydrogen) atoms.